The van der Waals surface area contributed by atoms with Gasteiger partial charge < -0.3 is 10.6 Å². The van der Waals surface area contributed by atoms with Crippen molar-refractivity contribution >= 4 is 5.96 Å². The molecule has 0 bridgehead atoms. The van der Waals surface area contributed by atoms with Crippen LogP contribution in [-0.4, -0.2) is 28.8 Å². The standard InChI is InChI=1S/C16H31N5/c1-7-14(8-2)10-18-16(17-9-3)19-11-15-12(4)20-21(6)13(15)5/h14H,7-11H2,1-6H3,(H2,17,18,19). The molecule has 0 atom stereocenters. The van der Waals surface area contributed by atoms with Crippen LogP contribution in [0, 0.1) is 19.8 Å². The Morgan fingerprint density at radius 1 is 1.19 bits per heavy atom. The third-order valence-electron chi connectivity index (χ3n) is 4.11. The van der Waals surface area contributed by atoms with Crippen LogP contribution in [0.5, 0.6) is 0 Å². The number of guanidine groups is 1. The molecule has 21 heavy (non-hydrogen) atoms. The molecule has 5 nitrogen and oxygen atoms in total. The van der Waals surface area contributed by atoms with Crippen LogP contribution in [0.3, 0.4) is 0 Å². The van der Waals surface area contributed by atoms with Crippen molar-refractivity contribution in [1.29, 1.82) is 0 Å². The van der Waals surface area contributed by atoms with Crippen LogP contribution in [0.25, 0.3) is 0 Å². The van der Waals surface area contributed by atoms with Gasteiger partial charge in [-0.05, 0) is 26.7 Å². The van der Waals surface area contributed by atoms with Crippen molar-refractivity contribution in [3.05, 3.63) is 17.0 Å². The summed E-state index contributed by atoms with van der Waals surface area (Å²) in [6, 6.07) is 0. The van der Waals surface area contributed by atoms with E-state index in [4.69, 9.17) is 4.99 Å². The van der Waals surface area contributed by atoms with Crippen molar-refractivity contribution in [2.45, 2.75) is 54.0 Å². The van der Waals surface area contributed by atoms with E-state index in [0.717, 1.165) is 24.7 Å². The van der Waals surface area contributed by atoms with Gasteiger partial charge in [-0.1, -0.05) is 26.7 Å². The van der Waals surface area contributed by atoms with E-state index in [9.17, 15) is 0 Å². The number of hydrogen-bond acceptors (Lipinski definition) is 2. The second kappa shape index (κ2) is 8.70. The Balaban J connectivity index is 2.71. The third kappa shape index (κ3) is 5.06. The lowest BCUT2D eigenvalue weighted by Gasteiger charge is -2.16. The molecule has 0 spiro atoms. The lowest BCUT2D eigenvalue weighted by molar-refractivity contribution is 0.481. The molecule has 1 rings (SSSR count). The minimum atomic E-state index is 0.670. The Labute approximate surface area is 129 Å². The van der Waals surface area contributed by atoms with E-state index < -0.39 is 0 Å². The number of aryl methyl sites for hydroxylation is 2. The maximum Gasteiger partial charge on any atom is 0.191 e. The molecular formula is C16H31N5. The fourth-order valence-electron chi connectivity index (χ4n) is 2.36. The number of hydrogen-bond donors (Lipinski definition) is 2. The van der Waals surface area contributed by atoms with Crippen LogP contribution >= 0.6 is 0 Å². The van der Waals surface area contributed by atoms with Crippen LogP contribution in [0.1, 0.15) is 50.6 Å². The molecule has 2 N–H and O–H groups in total. The fourth-order valence-corrected chi connectivity index (χ4v) is 2.36. The van der Waals surface area contributed by atoms with Gasteiger partial charge in [-0.15, -0.1) is 0 Å². The summed E-state index contributed by atoms with van der Waals surface area (Å²) in [5.74, 6) is 1.60. The van der Waals surface area contributed by atoms with Crippen molar-refractivity contribution in [2.75, 3.05) is 13.1 Å². The summed E-state index contributed by atoms with van der Waals surface area (Å²) >= 11 is 0. The van der Waals surface area contributed by atoms with E-state index in [1.54, 1.807) is 0 Å². The summed E-state index contributed by atoms with van der Waals surface area (Å²) in [4.78, 5) is 4.70. The number of aromatic nitrogens is 2. The minimum absolute atomic E-state index is 0.670. The van der Waals surface area contributed by atoms with Crippen LogP contribution in [-0.2, 0) is 13.6 Å². The molecule has 0 aliphatic heterocycles. The molecule has 0 amide bonds. The second-order valence-electron chi connectivity index (χ2n) is 5.53. The Hall–Kier alpha value is -1.52. The highest BCUT2D eigenvalue weighted by atomic mass is 15.3. The Kier molecular flexibility index (Phi) is 7.26. The van der Waals surface area contributed by atoms with Crippen molar-refractivity contribution in [1.82, 2.24) is 20.4 Å². The van der Waals surface area contributed by atoms with Gasteiger partial charge in [-0.2, -0.15) is 5.10 Å². The van der Waals surface area contributed by atoms with E-state index in [1.165, 1.54) is 24.1 Å². The largest absolute Gasteiger partial charge is 0.357 e. The van der Waals surface area contributed by atoms with E-state index in [2.05, 4.69) is 43.4 Å². The molecule has 0 saturated carbocycles. The molecule has 0 fully saturated rings. The quantitative estimate of drug-likeness (QED) is 0.600. The highest BCUT2D eigenvalue weighted by Crippen LogP contribution is 2.12. The summed E-state index contributed by atoms with van der Waals surface area (Å²) in [6.45, 7) is 13.2. The monoisotopic (exact) mass is 293 g/mol. The van der Waals surface area contributed by atoms with Crippen molar-refractivity contribution in [3.63, 3.8) is 0 Å². The molecular weight excluding hydrogens is 262 g/mol. The smallest absolute Gasteiger partial charge is 0.191 e. The highest BCUT2D eigenvalue weighted by molar-refractivity contribution is 5.79. The average molecular weight is 293 g/mol. The predicted octanol–water partition coefficient (Wildman–Crippen LogP) is 2.53. The zero-order valence-electron chi connectivity index (χ0n) is 14.5. The first-order valence-electron chi connectivity index (χ1n) is 8.04. The van der Waals surface area contributed by atoms with Gasteiger partial charge in [0.1, 0.15) is 0 Å². The van der Waals surface area contributed by atoms with Crippen molar-refractivity contribution in [2.24, 2.45) is 18.0 Å². The zero-order chi connectivity index (χ0) is 15.8. The highest BCUT2D eigenvalue weighted by Gasteiger charge is 2.09. The molecule has 1 aromatic heterocycles. The summed E-state index contributed by atoms with van der Waals surface area (Å²) in [6.07, 6.45) is 2.40. The summed E-state index contributed by atoms with van der Waals surface area (Å²) < 4.78 is 1.92. The van der Waals surface area contributed by atoms with Gasteiger partial charge in [0.2, 0.25) is 0 Å². The van der Waals surface area contributed by atoms with Gasteiger partial charge in [0, 0.05) is 31.4 Å². The van der Waals surface area contributed by atoms with Gasteiger partial charge in [-0.3, -0.25) is 4.68 Å². The lowest BCUT2D eigenvalue weighted by Crippen LogP contribution is -2.39. The average Bonchev–Trinajstić information content (AvgIpc) is 2.71. The first-order chi connectivity index (χ1) is 10.0. The van der Waals surface area contributed by atoms with Gasteiger partial charge in [0.25, 0.3) is 0 Å². The minimum Gasteiger partial charge on any atom is -0.357 e. The molecule has 0 aromatic carbocycles. The van der Waals surface area contributed by atoms with Gasteiger partial charge in [-0.25, -0.2) is 4.99 Å². The number of aliphatic imine (C=N–C) groups is 1. The molecule has 0 aliphatic carbocycles. The molecule has 5 heteroatoms. The summed E-state index contributed by atoms with van der Waals surface area (Å²) in [5, 5.41) is 11.2. The van der Waals surface area contributed by atoms with Crippen LogP contribution in [0.15, 0.2) is 4.99 Å². The summed E-state index contributed by atoms with van der Waals surface area (Å²) in [5.41, 5.74) is 3.47. The second-order valence-corrected chi connectivity index (χ2v) is 5.53. The first kappa shape index (κ1) is 17.5. The zero-order valence-corrected chi connectivity index (χ0v) is 14.5. The molecule has 120 valence electrons. The number of nitrogens with one attached hydrogen (secondary N) is 2. The van der Waals surface area contributed by atoms with Gasteiger partial charge >= 0.3 is 0 Å². The molecule has 0 unspecified atom stereocenters. The first-order valence-corrected chi connectivity index (χ1v) is 8.04. The number of rotatable bonds is 7. The van der Waals surface area contributed by atoms with Gasteiger partial charge in [0.15, 0.2) is 5.96 Å². The van der Waals surface area contributed by atoms with Crippen molar-refractivity contribution in [3.8, 4) is 0 Å². The summed E-state index contributed by atoms with van der Waals surface area (Å²) in [7, 11) is 1.98. The Morgan fingerprint density at radius 2 is 1.86 bits per heavy atom. The Morgan fingerprint density at radius 3 is 2.33 bits per heavy atom. The third-order valence-corrected chi connectivity index (χ3v) is 4.11. The maximum absolute atomic E-state index is 4.70. The van der Waals surface area contributed by atoms with Crippen LogP contribution in [0.2, 0.25) is 0 Å². The van der Waals surface area contributed by atoms with Crippen molar-refractivity contribution < 1.29 is 0 Å². The molecule has 1 heterocycles. The van der Waals surface area contributed by atoms with Crippen LogP contribution < -0.4 is 10.6 Å². The molecule has 1 aromatic rings. The molecule has 0 radical (unpaired) electrons. The van der Waals surface area contributed by atoms with Crippen LogP contribution in [0.4, 0.5) is 0 Å². The fraction of sp³-hybridized carbons (Fsp3) is 0.750. The molecule has 0 aliphatic rings. The maximum atomic E-state index is 4.70. The van der Waals surface area contributed by atoms with E-state index in [-0.39, 0.29) is 0 Å². The molecule has 0 saturated heterocycles. The van der Waals surface area contributed by atoms with E-state index in [1.807, 2.05) is 18.7 Å². The lowest BCUT2D eigenvalue weighted by atomic mass is 10.0. The topological polar surface area (TPSA) is 54.2 Å². The SMILES string of the molecule is CCNC(=NCc1c(C)nn(C)c1C)NCC(CC)CC. The van der Waals surface area contributed by atoms with E-state index >= 15 is 0 Å². The Bertz CT molecular complexity index is 457. The number of nitrogens with zero attached hydrogens (tertiary/aromatic N) is 3. The van der Waals surface area contributed by atoms with E-state index in [0.29, 0.717) is 12.5 Å². The van der Waals surface area contributed by atoms with Gasteiger partial charge in [0.05, 0.1) is 12.2 Å². The predicted molar refractivity (Wildman–Crippen MR) is 89.6 cm³/mol. The normalized spacial score (nSPS) is 12.0.